The van der Waals surface area contributed by atoms with Crippen molar-refractivity contribution < 1.29 is 4.79 Å². The Labute approximate surface area is 110 Å². The van der Waals surface area contributed by atoms with Crippen molar-refractivity contribution >= 4 is 11.6 Å². The van der Waals surface area contributed by atoms with E-state index in [9.17, 15) is 4.79 Å². The first-order valence-corrected chi connectivity index (χ1v) is 6.52. The molecule has 2 N–H and O–H groups in total. The van der Waals surface area contributed by atoms with Gasteiger partial charge < -0.3 is 10.6 Å². The maximum absolute atomic E-state index is 12.2. The summed E-state index contributed by atoms with van der Waals surface area (Å²) >= 11 is 0. The molecule has 0 fully saturated rings. The highest BCUT2D eigenvalue weighted by molar-refractivity contribution is 5.93. The number of carbonyl (C=O) groups excluding carboxylic acids is 1. The smallest absolute Gasteiger partial charge is 0.227 e. The summed E-state index contributed by atoms with van der Waals surface area (Å²) in [5, 5.41) is 0. The van der Waals surface area contributed by atoms with E-state index in [0.29, 0.717) is 13.0 Å². The summed E-state index contributed by atoms with van der Waals surface area (Å²) in [5.74, 6) is 0.420. The molecule has 1 rings (SSSR count). The zero-order valence-corrected chi connectivity index (χ0v) is 11.9. The van der Waals surface area contributed by atoms with Crippen LogP contribution in [0.2, 0.25) is 0 Å². The molecule has 1 aromatic carbocycles. The van der Waals surface area contributed by atoms with Crippen LogP contribution in [0.3, 0.4) is 0 Å². The van der Waals surface area contributed by atoms with Gasteiger partial charge in [-0.2, -0.15) is 0 Å². The van der Waals surface area contributed by atoms with Crippen LogP contribution in [0.5, 0.6) is 0 Å². The number of benzene rings is 1. The molecule has 3 heteroatoms. The molecule has 0 heterocycles. The van der Waals surface area contributed by atoms with Crippen molar-refractivity contribution in [3.05, 3.63) is 29.3 Å². The maximum atomic E-state index is 12.2. The third-order valence-corrected chi connectivity index (χ3v) is 3.34. The summed E-state index contributed by atoms with van der Waals surface area (Å²) < 4.78 is 0. The fourth-order valence-corrected chi connectivity index (χ4v) is 2.07. The van der Waals surface area contributed by atoms with E-state index in [4.69, 9.17) is 5.73 Å². The van der Waals surface area contributed by atoms with Gasteiger partial charge in [0.25, 0.3) is 0 Å². The van der Waals surface area contributed by atoms with Gasteiger partial charge in [0.05, 0.1) is 0 Å². The highest BCUT2D eigenvalue weighted by Gasteiger charge is 2.16. The van der Waals surface area contributed by atoms with Crippen LogP contribution in [0.1, 0.15) is 30.9 Å². The van der Waals surface area contributed by atoms with Crippen LogP contribution in [0, 0.1) is 19.8 Å². The normalized spacial score (nSPS) is 12.3. The van der Waals surface area contributed by atoms with Gasteiger partial charge in [0.15, 0.2) is 0 Å². The van der Waals surface area contributed by atoms with E-state index in [2.05, 4.69) is 13.0 Å². The van der Waals surface area contributed by atoms with Crippen LogP contribution < -0.4 is 10.6 Å². The molecular formula is C15H24N2O. The first kappa shape index (κ1) is 14.7. The number of hydrogen-bond acceptors (Lipinski definition) is 2. The number of aryl methyl sites for hydroxylation is 2. The molecule has 0 bridgehead atoms. The quantitative estimate of drug-likeness (QED) is 0.870. The highest BCUT2D eigenvalue weighted by Crippen LogP contribution is 2.19. The van der Waals surface area contributed by atoms with E-state index in [1.807, 2.05) is 33.0 Å². The van der Waals surface area contributed by atoms with E-state index >= 15 is 0 Å². The largest absolute Gasteiger partial charge is 0.330 e. The number of amides is 1. The zero-order valence-electron chi connectivity index (χ0n) is 11.9. The van der Waals surface area contributed by atoms with Gasteiger partial charge >= 0.3 is 0 Å². The van der Waals surface area contributed by atoms with Crippen LogP contribution in [0.15, 0.2) is 18.2 Å². The molecule has 0 saturated heterocycles. The van der Waals surface area contributed by atoms with Crippen LogP contribution in [-0.2, 0) is 4.79 Å². The molecule has 1 unspecified atom stereocenters. The lowest BCUT2D eigenvalue weighted by Crippen LogP contribution is -2.30. The second kappa shape index (κ2) is 6.55. The Balaban J connectivity index is 2.79. The number of nitrogens with two attached hydrogens (primary N) is 1. The topological polar surface area (TPSA) is 46.3 Å². The van der Waals surface area contributed by atoms with Crippen molar-refractivity contribution in [2.24, 2.45) is 11.7 Å². The summed E-state index contributed by atoms with van der Waals surface area (Å²) in [7, 11) is 1.83. The Morgan fingerprint density at radius 1 is 1.28 bits per heavy atom. The third kappa shape index (κ3) is 3.84. The third-order valence-electron chi connectivity index (χ3n) is 3.34. The van der Waals surface area contributed by atoms with Crippen LogP contribution in [0.4, 0.5) is 5.69 Å². The van der Waals surface area contributed by atoms with Gasteiger partial charge in [0.1, 0.15) is 0 Å². The fourth-order valence-electron chi connectivity index (χ4n) is 2.07. The SMILES string of the molecule is CCC(CN)CC(=O)N(C)c1cc(C)cc(C)c1. The number of rotatable bonds is 5. The van der Waals surface area contributed by atoms with E-state index in [1.54, 1.807) is 4.90 Å². The zero-order chi connectivity index (χ0) is 13.7. The second-order valence-electron chi connectivity index (χ2n) is 5.01. The highest BCUT2D eigenvalue weighted by atomic mass is 16.2. The van der Waals surface area contributed by atoms with Crippen LogP contribution in [-0.4, -0.2) is 19.5 Å². The lowest BCUT2D eigenvalue weighted by Gasteiger charge is -2.21. The van der Waals surface area contributed by atoms with Crippen LogP contribution >= 0.6 is 0 Å². The first-order valence-electron chi connectivity index (χ1n) is 6.52. The molecule has 0 aromatic heterocycles. The molecule has 0 aliphatic rings. The Morgan fingerprint density at radius 2 is 1.83 bits per heavy atom. The summed E-state index contributed by atoms with van der Waals surface area (Å²) in [4.78, 5) is 13.9. The van der Waals surface area contributed by atoms with Crippen molar-refractivity contribution in [2.45, 2.75) is 33.6 Å². The van der Waals surface area contributed by atoms with Gasteiger partial charge in [-0.1, -0.05) is 19.4 Å². The number of anilines is 1. The molecule has 1 aromatic rings. The van der Waals surface area contributed by atoms with E-state index in [0.717, 1.165) is 12.1 Å². The Bertz CT molecular complexity index is 391. The molecule has 0 radical (unpaired) electrons. The van der Waals surface area contributed by atoms with Crippen molar-refractivity contribution in [3.63, 3.8) is 0 Å². The lowest BCUT2D eigenvalue weighted by molar-refractivity contribution is -0.119. The Hall–Kier alpha value is -1.35. The monoisotopic (exact) mass is 248 g/mol. The average molecular weight is 248 g/mol. The van der Waals surface area contributed by atoms with Gasteiger partial charge in [-0.15, -0.1) is 0 Å². The van der Waals surface area contributed by atoms with E-state index < -0.39 is 0 Å². The minimum absolute atomic E-state index is 0.136. The minimum atomic E-state index is 0.136. The minimum Gasteiger partial charge on any atom is -0.330 e. The molecule has 0 saturated carbocycles. The Morgan fingerprint density at radius 3 is 2.28 bits per heavy atom. The van der Waals surface area contributed by atoms with Gasteiger partial charge in [0.2, 0.25) is 5.91 Å². The van der Waals surface area contributed by atoms with Gasteiger partial charge in [-0.25, -0.2) is 0 Å². The van der Waals surface area contributed by atoms with Crippen molar-refractivity contribution in [1.82, 2.24) is 0 Å². The first-order chi connectivity index (χ1) is 8.47. The fraction of sp³-hybridized carbons (Fsp3) is 0.533. The molecular weight excluding hydrogens is 224 g/mol. The predicted molar refractivity (Wildman–Crippen MR) is 76.8 cm³/mol. The average Bonchev–Trinajstić information content (AvgIpc) is 2.33. The van der Waals surface area contributed by atoms with Gasteiger partial charge in [-0.05, 0) is 49.6 Å². The molecule has 3 nitrogen and oxygen atoms in total. The number of carbonyl (C=O) groups is 1. The molecule has 0 aliphatic carbocycles. The maximum Gasteiger partial charge on any atom is 0.227 e. The van der Waals surface area contributed by atoms with Gasteiger partial charge in [-0.3, -0.25) is 4.79 Å². The standard InChI is InChI=1S/C15H24N2O/c1-5-13(10-16)9-15(18)17(4)14-7-11(2)6-12(3)8-14/h6-8,13H,5,9-10,16H2,1-4H3. The summed E-state index contributed by atoms with van der Waals surface area (Å²) in [5.41, 5.74) is 8.96. The Kier molecular flexibility index (Phi) is 5.35. The molecule has 100 valence electrons. The van der Waals surface area contributed by atoms with Gasteiger partial charge in [0, 0.05) is 19.2 Å². The number of nitrogens with zero attached hydrogens (tertiary/aromatic N) is 1. The molecule has 0 spiro atoms. The lowest BCUT2D eigenvalue weighted by atomic mass is 10.0. The summed E-state index contributed by atoms with van der Waals surface area (Å²) in [6, 6.07) is 6.18. The number of hydrogen-bond donors (Lipinski definition) is 1. The predicted octanol–water partition coefficient (Wildman–Crippen LogP) is 2.64. The van der Waals surface area contributed by atoms with E-state index in [-0.39, 0.29) is 11.8 Å². The second-order valence-corrected chi connectivity index (χ2v) is 5.01. The molecule has 18 heavy (non-hydrogen) atoms. The van der Waals surface area contributed by atoms with E-state index in [1.165, 1.54) is 11.1 Å². The van der Waals surface area contributed by atoms with Crippen molar-refractivity contribution in [2.75, 3.05) is 18.5 Å². The molecule has 1 amide bonds. The summed E-state index contributed by atoms with van der Waals surface area (Å²) in [6.07, 6.45) is 1.47. The van der Waals surface area contributed by atoms with Crippen molar-refractivity contribution in [1.29, 1.82) is 0 Å². The van der Waals surface area contributed by atoms with Crippen molar-refractivity contribution in [3.8, 4) is 0 Å². The molecule has 1 atom stereocenters. The van der Waals surface area contributed by atoms with Crippen LogP contribution in [0.25, 0.3) is 0 Å². The summed E-state index contributed by atoms with van der Waals surface area (Å²) in [6.45, 7) is 6.73. The molecule has 0 aliphatic heterocycles.